The molecule has 2 heterocycles. The number of hydrogen-bond donors (Lipinski definition) is 1. The second kappa shape index (κ2) is 5.71. The molecule has 8 nitrogen and oxygen atoms in total. The van der Waals surface area contributed by atoms with Crippen molar-refractivity contribution in [2.75, 3.05) is 19.5 Å². The SMILES string of the molecule is COc1nc(NC(=O)c2cccnc2)nc(OC)n1. The maximum atomic E-state index is 11.9. The molecule has 0 aliphatic heterocycles. The summed E-state index contributed by atoms with van der Waals surface area (Å²) in [6.45, 7) is 0. The van der Waals surface area contributed by atoms with E-state index in [4.69, 9.17) is 9.47 Å². The number of aromatic nitrogens is 4. The zero-order valence-electron chi connectivity index (χ0n) is 10.3. The Labute approximate surface area is 108 Å². The van der Waals surface area contributed by atoms with Crippen LogP contribution in [0, 0.1) is 0 Å². The molecule has 0 unspecified atom stereocenters. The molecule has 0 aromatic carbocycles. The lowest BCUT2D eigenvalue weighted by atomic mass is 10.3. The summed E-state index contributed by atoms with van der Waals surface area (Å²) in [6, 6.07) is 3.38. The normalized spacial score (nSPS) is 9.79. The van der Waals surface area contributed by atoms with E-state index in [1.165, 1.54) is 20.4 Å². The van der Waals surface area contributed by atoms with Gasteiger partial charge in [-0.1, -0.05) is 0 Å². The van der Waals surface area contributed by atoms with Crippen LogP contribution in [0.25, 0.3) is 0 Å². The highest BCUT2D eigenvalue weighted by atomic mass is 16.5. The molecule has 0 bridgehead atoms. The number of carbonyl (C=O) groups is 1. The lowest BCUT2D eigenvalue weighted by Gasteiger charge is -2.06. The summed E-state index contributed by atoms with van der Waals surface area (Å²) in [7, 11) is 2.81. The summed E-state index contributed by atoms with van der Waals surface area (Å²) in [5, 5.41) is 2.51. The highest BCUT2D eigenvalue weighted by Crippen LogP contribution is 2.12. The van der Waals surface area contributed by atoms with E-state index < -0.39 is 0 Å². The van der Waals surface area contributed by atoms with Gasteiger partial charge in [0.1, 0.15) is 0 Å². The maximum absolute atomic E-state index is 11.9. The van der Waals surface area contributed by atoms with Crippen molar-refractivity contribution in [3.63, 3.8) is 0 Å². The van der Waals surface area contributed by atoms with E-state index >= 15 is 0 Å². The molecule has 19 heavy (non-hydrogen) atoms. The molecule has 2 rings (SSSR count). The molecule has 98 valence electrons. The number of pyridine rings is 1. The van der Waals surface area contributed by atoms with Crippen LogP contribution in [-0.2, 0) is 0 Å². The molecule has 0 fully saturated rings. The Morgan fingerprint density at radius 2 is 1.84 bits per heavy atom. The van der Waals surface area contributed by atoms with Crippen LogP contribution in [0.1, 0.15) is 10.4 Å². The number of nitrogens with one attached hydrogen (secondary N) is 1. The Morgan fingerprint density at radius 3 is 2.37 bits per heavy atom. The van der Waals surface area contributed by atoms with Gasteiger partial charge in [0, 0.05) is 12.4 Å². The highest BCUT2D eigenvalue weighted by molar-refractivity contribution is 6.03. The topological polar surface area (TPSA) is 99.1 Å². The van der Waals surface area contributed by atoms with Crippen molar-refractivity contribution < 1.29 is 14.3 Å². The molecular weight excluding hydrogens is 250 g/mol. The average Bonchev–Trinajstić information content (AvgIpc) is 2.47. The van der Waals surface area contributed by atoms with Crippen molar-refractivity contribution in [1.82, 2.24) is 19.9 Å². The summed E-state index contributed by atoms with van der Waals surface area (Å²) < 4.78 is 9.76. The Hall–Kier alpha value is -2.77. The predicted molar refractivity (Wildman–Crippen MR) is 65.1 cm³/mol. The van der Waals surface area contributed by atoms with E-state index in [2.05, 4.69) is 25.3 Å². The molecule has 0 radical (unpaired) electrons. The summed E-state index contributed by atoms with van der Waals surface area (Å²) in [5.41, 5.74) is 0.390. The largest absolute Gasteiger partial charge is 0.467 e. The van der Waals surface area contributed by atoms with Crippen LogP contribution in [0.5, 0.6) is 12.0 Å². The molecule has 2 aromatic rings. The molecule has 8 heteroatoms. The van der Waals surface area contributed by atoms with E-state index in [0.717, 1.165) is 0 Å². The van der Waals surface area contributed by atoms with Crippen LogP contribution in [0.2, 0.25) is 0 Å². The summed E-state index contributed by atoms with van der Waals surface area (Å²) in [4.78, 5) is 27.3. The molecular formula is C11H11N5O3. The van der Waals surface area contributed by atoms with E-state index in [-0.39, 0.29) is 23.9 Å². The van der Waals surface area contributed by atoms with Crippen LogP contribution in [-0.4, -0.2) is 40.1 Å². The third-order valence-electron chi connectivity index (χ3n) is 2.11. The minimum Gasteiger partial charge on any atom is -0.467 e. The second-order valence-corrected chi connectivity index (χ2v) is 3.33. The summed E-state index contributed by atoms with van der Waals surface area (Å²) in [5.74, 6) is -0.346. The van der Waals surface area contributed by atoms with Gasteiger partial charge in [0.25, 0.3) is 5.91 Å². The third kappa shape index (κ3) is 3.12. The molecule has 2 aromatic heterocycles. The number of carbonyl (C=O) groups excluding carboxylic acids is 1. The molecule has 0 spiro atoms. The molecule has 0 aliphatic rings. The van der Waals surface area contributed by atoms with E-state index in [1.807, 2.05) is 0 Å². The molecule has 0 atom stereocenters. The van der Waals surface area contributed by atoms with E-state index in [1.54, 1.807) is 18.3 Å². The number of ether oxygens (including phenoxy) is 2. The van der Waals surface area contributed by atoms with Crippen LogP contribution >= 0.6 is 0 Å². The number of methoxy groups -OCH3 is 2. The van der Waals surface area contributed by atoms with Gasteiger partial charge in [0.2, 0.25) is 5.95 Å². The predicted octanol–water partition coefficient (Wildman–Crippen LogP) is 0.536. The monoisotopic (exact) mass is 261 g/mol. The van der Waals surface area contributed by atoms with Crippen molar-refractivity contribution >= 4 is 11.9 Å². The van der Waals surface area contributed by atoms with Crippen LogP contribution in [0.3, 0.4) is 0 Å². The molecule has 0 saturated carbocycles. The Balaban J connectivity index is 2.21. The lowest BCUT2D eigenvalue weighted by Crippen LogP contribution is -2.15. The Kier molecular flexibility index (Phi) is 3.81. The van der Waals surface area contributed by atoms with Crippen LogP contribution in [0.4, 0.5) is 5.95 Å². The minimum atomic E-state index is -0.386. The van der Waals surface area contributed by atoms with Crippen molar-refractivity contribution in [1.29, 1.82) is 0 Å². The van der Waals surface area contributed by atoms with Gasteiger partial charge in [-0.3, -0.25) is 15.1 Å². The van der Waals surface area contributed by atoms with Crippen molar-refractivity contribution in [2.45, 2.75) is 0 Å². The molecule has 1 N–H and O–H groups in total. The smallest absolute Gasteiger partial charge is 0.324 e. The standard InChI is InChI=1S/C11H11N5O3/c1-18-10-14-9(15-11(16-10)19-2)13-8(17)7-4-3-5-12-6-7/h3-6H,1-2H3,(H,13,14,15,16,17). The van der Waals surface area contributed by atoms with Gasteiger partial charge in [-0.05, 0) is 12.1 Å². The van der Waals surface area contributed by atoms with Crippen molar-refractivity contribution in [3.8, 4) is 12.0 Å². The first-order chi connectivity index (χ1) is 9.22. The number of anilines is 1. The van der Waals surface area contributed by atoms with Gasteiger partial charge >= 0.3 is 12.0 Å². The van der Waals surface area contributed by atoms with Gasteiger partial charge in [0.15, 0.2) is 0 Å². The zero-order valence-corrected chi connectivity index (χ0v) is 10.3. The summed E-state index contributed by atoms with van der Waals surface area (Å²) >= 11 is 0. The van der Waals surface area contributed by atoms with Crippen LogP contribution in [0.15, 0.2) is 24.5 Å². The first-order valence-corrected chi connectivity index (χ1v) is 5.28. The fraction of sp³-hybridized carbons (Fsp3) is 0.182. The number of amides is 1. The van der Waals surface area contributed by atoms with Crippen molar-refractivity contribution in [2.24, 2.45) is 0 Å². The number of nitrogens with zero attached hydrogens (tertiary/aromatic N) is 4. The quantitative estimate of drug-likeness (QED) is 0.857. The lowest BCUT2D eigenvalue weighted by molar-refractivity contribution is 0.102. The van der Waals surface area contributed by atoms with Gasteiger partial charge in [-0.25, -0.2) is 0 Å². The number of rotatable bonds is 4. The number of hydrogen-bond acceptors (Lipinski definition) is 7. The van der Waals surface area contributed by atoms with E-state index in [0.29, 0.717) is 5.56 Å². The highest BCUT2D eigenvalue weighted by Gasteiger charge is 2.11. The zero-order chi connectivity index (χ0) is 13.7. The fourth-order valence-electron chi connectivity index (χ4n) is 1.25. The van der Waals surface area contributed by atoms with Gasteiger partial charge in [-0.15, -0.1) is 4.98 Å². The minimum absolute atomic E-state index is 0.0394. The Morgan fingerprint density at radius 1 is 1.16 bits per heavy atom. The summed E-state index contributed by atoms with van der Waals surface area (Å²) in [6.07, 6.45) is 3.01. The van der Waals surface area contributed by atoms with Crippen LogP contribution < -0.4 is 14.8 Å². The van der Waals surface area contributed by atoms with E-state index in [9.17, 15) is 4.79 Å². The molecule has 0 saturated heterocycles. The van der Waals surface area contributed by atoms with Gasteiger partial charge in [0.05, 0.1) is 19.8 Å². The first-order valence-electron chi connectivity index (χ1n) is 5.28. The maximum Gasteiger partial charge on any atom is 0.324 e. The van der Waals surface area contributed by atoms with Gasteiger partial charge in [-0.2, -0.15) is 9.97 Å². The van der Waals surface area contributed by atoms with Crippen molar-refractivity contribution in [3.05, 3.63) is 30.1 Å². The third-order valence-corrected chi connectivity index (χ3v) is 2.11. The van der Waals surface area contributed by atoms with Gasteiger partial charge < -0.3 is 9.47 Å². The Bertz CT molecular complexity index is 554. The average molecular weight is 261 g/mol. The fourth-order valence-corrected chi connectivity index (χ4v) is 1.25. The first kappa shape index (κ1) is 12.7. The second-order valence-electron chi connectivity index (χ2n) is 3.33. The molecule has 1 amide bonds. The molecule has 0 aliphatic carbocycles.